The molecule has 0 unspecified atom stereocenters. The lowest BCUT2D eigenvalue weighted by Gasteiger charge is -2.10. The zero-order valence-electron chi connectivity index (χ0n) is 14.0. The number of ether oxygens (including phenoxy) is 2. The van der Waals surface area contributed by atoms with Crippen LogP contribution in [0.15, 0.2) is 0 Å². The molecule has 0 saturated carbocycles. The molecule has 0 aliphatic heterocycles. The zero-order chi connectivity index (χ0) is 15.9. The first-order valence-corrected chi connectivity index (χ1v) is 7.86. The van der Waals surface area contributed by atoms with E-state index in [4.69, 9.17) is 9.47 Å². The fourth-order valence-electron chi connectivity index (χ4n) is 1.49. The Hall–Kier alpha value is -0.690. The molecule has 3 N–H and O–H groups in total. The number of hydrogen-bond acceptors (Lipinski definition) is 5. The minimum atomic E-state index is -0.107. The summed E-state index contributed by atoms with van der Waals surface area (Å²) >= 11 is 0. The van der Waals surface area contributed by atoms with E-state index in [1.54, 1.807) is 0 Å². The molecule has 0 aromatic heterocycles. The molecule has 0 fully saturated rings. The number of hydrogen-bond donors (Lipinski definition) is 3. The van der Waals surface area contributed by atoms with Crippen molar-refractivity contribution in [2.45, 2.75) is 27.7 Å². The Labute approximate surface area is 129 Å². The van der Waals surface area contributed by atoms with Gasteiger partial charge in [0.2, 0.25) is 5.91 Å². The molecule has 0 radical (unpaired) electrons. The van der Waals surface area contributed by atoms with Crippen LogP contribution in [0.5, 0.6) is 0 Å². The van der Waals surface area contributed by atoms with E-state index in [1.807, 2.05) is 0 Å². The number of carbonyl (C=O) groups excluding carboxylic acids is 1. The molecule has 0 bridgehead atoms. The van der Waals surface area contributed by atoms with Crippen LogP contribution < -0.4 is 16.0 Å². The molecule has 0 saturated heterocycles. The van der Waals surface area contributed by atoms with Gasteiger partial charge in [-0.1, -0.05) is 27.7 Å². The summed E-state index contributed by atoms with van der Waals surface area (Å²) < 4.78 is 10.6. The van der Waals surface area contributed by atoms with E-state index in [2.05, 4.69) is 43.6 Å². The van der Waals surface area contributed by atoms with Gasteiger partial charge in [0.05, 0.1) is 26.5 Å². The summed E-state index contributed by atoms with van der Waals surface area (Å²) in [7, 11) is 0. The van der Waals surface area contributed by atoms with Gasteiger partial charge in [0.25, 0.3) is 0 Å². The molecule has 21 heavy (non-hydrogen) atoms. The second-order valence-electron chi connectivity index (χ2n) is 5.89. The molecule has 0 heterocycles. The fourth-order valence-corrected chi connectivity index (χ4v) is 1.49. The van der Waals surface area contributed by atoms with Crippen LogP contribution >= 0.6 is 0 Å². The van der Waals surface area contributed by atoms with Crippen molar-refractivity contribution in [3.05, 3.63) is 0 Å². The molecule has 0 spiro atoms. The molecule has 0 aromatic carbocycles. The third-order valence-corrected chi connectivity index (χ3v) is 2.54. The van der Waals surface area contributed by atoms with Crippen LogP contribution in [0.4, 0.5) is 0 Å². The van der Waals surface area contributed by atoms with E-state index < -0.39 is 0 Å². The SMILES string of the molecule is CC(C)CNCCOCCOCC(=O)NCNCC(C)C. The van der Waals surface area contributed by atoms with Crippen molar-refractivity contribution in [2.24, 2.45) is 11.8 Å². The summed E-state index contributed by atoms with van der Waals surface area (Å²) in [5.74, 6) is 1.12. The van der Waals surface area contributed by atoms with E-state index in [0.717, 1.165) is 19.6 Å². The maximum atomic E-state index is 11.4. The first kappa shape index (κ1) is 20.3. The topological polar surface area (TPSA) is 71.6 Å². The molecule has 1 amide bonds. The Morgan fingerprint density at radius 1 is 0.905 bits per heavy atom. The van der Waals surface area contributed by atoms with E-state index >= 15 is 0 Å². The maximum absolute atomic E-state index is 11.4. The van der Waals surface area contributed by atoms with Gasteiger partial charge in [0.1, 0.15) is 6.61 Å². The van der Waals surface area contributed by atoms with Crippen molar-refractivity contribution in [1.29, 1.82) is 0 Å². The van der Waals surface area contributed by atoms with Crippen LogP contribution in [0.25, 0.3) is 0 Å². The van der Waals surface area contributed by atoms with Gasteiger partial charge in [-0.2, -0.15) is 0 Å². The molecule has 126 valence electrons. The lowest BCUT2D eigenvalue weighted by molar-refractivity contribution is -0.126. The Kier molecular flexibility index (Phi) is 13.8. The van der Waals surface area contributed by atoms with E-state index in [-0.39, 0.29) is 12.5 Å². The first-order valence-electron chi connectivity index (χ1n) is 7.86. The standard InChI is InChI=1S/C15H33N3O3/c1-13(2)9-16-5-6-20-7-8-21-11-15(19)18-12-17-10-14(3)4/h13-14,16-17H,5-12H2,1-4H3,(H,18,19). The number of nitrogens with one attached hydrogen (secondary N) is 3. The van der Waals surface area contributed by atoms with Crippen molar-refractivity contribution >= 4 is 5.91 Å². The molecule has 0 aliphatic carbocycles. The van der Waals surface area contributed by atoms with Crippen LogP contribution in [-0.4, -0.2) is 58.6 Å². The average molecular weight is 303 g/mol. The minimum absolute atomic E-state index is 0.0817. The normalized spacial score (nSPS) is 11.3. The predicted octanol–water partition coefficient (Wildman–Crippen LogP) is 0.585. The molecule has 6 nitrogen and oxygen atoms in total. The highest BCUT2D eigenvalue weighted by Crippen LogP contribution is 1.86. The van der Waals surface area contributed by atoms with Gasteiger partial charge in [-0.3, -0.25) is 10.1 Å². The van der Waals surface area contributed by atoms with Crippen LogP contribution in [0.3, 0.4) is 0 Å². The second-order valence-corrected chi connectivity index (χ2v) is 5.89. The summed E-state index contributed by atoms with van der Waals surface area (Å²) in [5.41, 5.74) is 0. The summed E-state index contributed by atoms with van der Waals surface area (Å²) in [5, 5.41) is 9.17. The zero-order valence-corrected chi connectivity index (χ0v) is 14.0. The molecular formula is C15H33N3O3. The molecular weight excluding hydrogens is 270 g/mol. The molecule has 0 aromatic rings. The monoisotopic (exact) mass is 303 g/mol. The summed E-state index contributed by atoms with van der Waals surface area (Å²) in [6.07, 6.45) is 0. The molecule has 0 rings (SSSR count). The van der Waals surface area contributed by atoms with Gasteiger partial charge in [-0.15, -0.1) is 0 Å². The molecule has 6 heteroatoms. The average Bonchev–Trinajstić information content (AvgIpc) is 2.41. The third-order valence-electron chi connectivity index (χ3n) is 2.54. The van der Waals surface area contributed by atoms with Gasteiger partial charge in [-0.05, 0) is 24.9 Å². The van der Waals surface area contributed by atoms with Gasteiger partial charge in [0, 0.05) is 6.54 Å². The highest BCUT2D eigenvalue weighted by atomic mass is 16.5. The molecule has 0 atom stereocenters. The summed E-state index contributed by atoms with van der Waals surface area (Å²) in [4.78, 5) is 11.4. The van der Waals surface area contributed by atoms with E-state index in [1.165, 1.54) is 0 Å². The summed E-state index contributed by atoms with van der Waals surface area (Å²) in [6, 6.07) is 0. The second kappa shape index (κ2) is 14.3. The largest absolute Gasteiger partial charge is 0.378 e. The Balaban J connectivity index is 3.18. The van der Waals surface area contributed by atoms with Crippen LogP contribution in [0.2, 0.25) is 0 Å². The Morgan fingerprint density at radius 2 is 1.52 bits per heavy atom. The van der Waals surface area contributed by atoms with Crippen molar-refractivity contribution in [3.63, 3.8) is 0 Å². The number of rotatable bonds is 14. The quantitative estimate of drug-likeness (QED) is 0.323. The highest BCUT2D eigenvalue weighted by Gasteiger charge is 2.00. The van der Waals surface area contributed by atoms with Crippen LogP contribution in [0, 0.1) is 11.8 Å². The minimum Gasteiger partial charge on any atom is -0.378 e. The highest BCUT2D eigenvalue weighted by molar-refractivity contribution is 5.77. The predicted molar refractivity (Wildman–Crippen MR) is 85.2 cm³/mol. The number of carbonyl (C=O) groups is 1. The van der Waals surface area contributed by atoms with Crippen molar-refractivity contribution in [3.8, 4) is 0 Å². The Bertz CT molecular complexity index is 248. The van der Waals surface area contributed by atoms with Gasteiger partial charge in [0.15, 0.2) is 0 Å². The van der Waals surface area contributed by atoms with E-state index in [0.29, 0.717) is 38.3 Å². The van der Waals surface area contributed by atoms with E-state index in [9.17, 15) is 4.79 Å². The van der Waals surface area contributed by atoms with Crippen molar-refractivity contribution < 1.29 is 14.3 Å². The van der Waals surface area contributed by atoms with Crippen molar-refractivity contribution in [1.82, 2.24) is 16.0 Å². The van der Waals surface area contributed by atoms with Crippen LogP contribution in [-0.2, 0) is 14.3 Å². The van der Waals surface area contributed by atoms with Gasteiger partial charge >= 0.3 is 0 Å². The van der Waals surface area contributed by atoms with Crippen molar-refractivity contribution in [2.75, 3.05) is 52.7 Å². The molecule has 0 aliphatic rings. The lowest BCUT2D eigenvalue weighted by atomic mass is 10.2. The van der Waals surface area contributed by atoms with Gasteiger partial charge < -0.3 is 20.1 Å². The third kappa shape index (κ3) is 17.3. The first-order chi connectivity index (χ1) is 10.0. The summed E-state index contributed by atoms with van der Waals surface area (Å²) in [6.45, 7) is 13.5. The fraction of sp³-hybridized carbons (Fsp3) is 0.933. The Morgan fingerprint density at radius 3 is 2.19 bits per heavy atom. The van der Waals surface area contributed by atoms with Crippen LogP contribution in [0.1, 0.15) is 27.7 Å². The van der Waals surface area contributed by atoms with Gasteiger partial charge in [-0.25, -0.2) is 0 Å². The maximum Gasteiger partial charge on any atom is 0.246 e. The smallest absolute Gasteiger partial charge is 0.246 e. The lowest BCUT2D eigenvalue weighted by Crippen LogP contribution is -2.37. The number of amides is 1.